The topological polar surface area (TPSA) is 55.6 Å². The summed E-state index contributed by atoms with van der Waals surface area (Å²) in [6.45, 7) is 3.79. The molecule has 2 aromatic heterocycles. The zero-order chi connectivity index (χ0) is 11.4. The van der Waals surface area contributed by atoms with E-state index in [1.807, 2.05) is 20.2 Å². The van der Waals surface area contributed by atoms with Crippen molar-refractivity contribution < 1.29 is 0 Å². The predicted octanol–water partition coefficient (Wildman–Crippen LogP) is 0.912. The molecule has 16 heavy (non-hydrogen) atoms. The molecule has 1 N–H and O–H groups in total. The van der Waals surface area contributed by atoms with Gasteiger partial charge in [-0.05, 0) is 13.3 Å². The van der Waals surface area contributed by atoms with Crippen molar-refractivity contribution >= 4 is 11.3 Å². The third kappa shape index (κ3) is 2.86. The van der Waals surface area contributed by atoms with E-state index in [2.05, 4.69) is 20.6 Å². The third-order valence-electron chi connectivity index (χ3n) is 2.33. The molecule has 0 amide bonds. The minimum atomic E-state index is 0.807. The van der Waals surface area contributed by atoms with Gasteiger partial charge in [-0.1, -0.05) is 5.21 Å². The maximum absolute atomic E-state index is 4.23. The molecule has 0 unspecified atom stereocenters. The van der Waals surface area contributed by atoms with Gasteiger partial charge in [-0.3, -0.25) is 4.68 Å². The van der Waals surface area contributed by atoms with Crippen LogP contribution in [-0.4, -0.2) is 26.5 Å². The summed E-state index contributed by atoms with van der Waals surface area (Å²) >= 11 is 1.76. The monoisotopic (exact) mass is 237 g/mol. The summed E-state index contributed by atoms with van der Waals surface area (Å²) in [5, 5.41) is 12.2. The SMILES string of the molecule is Cc1ncc(CCNCc2cnnn2C)s1. The van der Waals surface area contributed by atoms with Crippen LogP contribution in [0.15, 0.2) is 12.4 Å². The van der Waals surface area contributed by atoms with Crippen molar-refractivity contribution in [3.8, 4) is 0 Å². The molecular weight excluding hydrogens is 222 g/mol. The number of aryl methyl sites for hydroxylation is 2. The second-order valence-corrected chi connectivity index (χ2v) is 4.94. The number of nitrogens with one attached hydrogen (secondary N) is 1. The summed E-state index contributed by atoms with van der Waals surface area (Å²) in [5.41, 5.74) is 1.10. The standard InChI is InChI=1S/C10H15N5S/c1-8-12-7-10(16-8)3-4-11-5-9-6-13-14-15(9)2/h6-7,11H,3-5H2,1-2H3. The Hall–Kier alpha value is -1.27. The van der Waals surface area contributed by atoms with E-state index in [9.17, 15) is 0 Å². The Balaban J connectivity index is 1.71. The molecule has 0 radical (unpaired) electrons. The Bertz CT molecular complexity index is 448. The van der Waals surface area contributed by atoms with Gasteiger partial charge < -0.3 is 5.32 Å². The summed E-state index contributed by atoms with van der Waals surface area (Å²) < 4.78 is 1.78. The number of hydrogen-bond acceptors (Lipinski definition) is 5. The second kappa shape index (κ2) is 5.18. The lowest BCUT2D eigenvalue weighted by atomic mass is 10.3. The van der Waals surface area contributed by atoms with E-state index in [0.717, 1.165) is 30.2 Å². The third-order valence-corrected chi connectivity index (χ3v) is 3.30. The molecule has 2 aromatic rings. The number of aromatic nitrogens is 4. The molecule has 0 saturated heterocycles. The van der Waals surface area contributed by atoms with Crippen LogP contribution in [0.2, 0.25) is 0 Å². The maximum atomic E-state index is 4.23. The van der Waals surface area contributed by atoms with Crippen LogP contribution in [0.5, 0.6) is 0 Å². The molecule has 2 rings (SSSR count). The lowest BCUT2D eigenvalue weighted by molar-refractivity contribution is 0.618. The van der Waals surface area contributed by atoms with Gasteiger partial charge in [0.25, 0.3) is 0 Å². The summed E-state index contributed by atoms with van der Waals surface area (Å²) in [6.07, 6.45) is 4.76. The van der Waals surface area contributed by atoms with Crippen molar-refractivity contribution in [1.82, 2.24) is 25.3 Å². The summed E-state index contributed by atoms with van der Waals surface area (Å²) in [4.78, 5) is 5.55. The van der Waals surface area contributed by atoms with E-state index < -0.39 is 0 Å². The lowest BCUT2D eigenvalue weighted by Gasteiger charge is -2.02. The average molecular weight is 237 g/mol. The van der Waals surface area contributed by atoms with Crippen LogP contribution >= 0.6 is 11.3 Å². The van der Waals surface area contributed by atoms with E-state index in [1.54, 1.807) is 22.2 Å². The van der Waals surface area contributed by atoms with Crippen molar-refractivity contribution in [2.24, 2.45) is 7.05 Å². The van der Waals surface area contributed by atoms with Crippen LogP contribution < -0.4 is 5.32 Å². The predicted molar refractivity (Wildman–Crippen MR) is 63.3 cm³/mol. The van der Waals surface area contributed by atoms with Gasteiger partial charge in [0.15, 0.2) is 0 Å². The lowest BCUT2D eigenvalue weighted by Crippen LogP contribution is -2.18. The van der Waals surface area contributed by atoms with Crippen molar-refractivity contribution in [2.75, 3.05) is 6.54 Å². The normalized spacial score (nSPS) is 10.9. The molecule has 6 heteroatoms. The Morgan fingerprint density at radius 2 is 2.31 bits per heavy atom. The van der Waals surface area contributed by atoms with E-state index in [4.69, 9.17) is 0 Å². The van der Waals surface area contributed by atoms with Crippen molar-refractivity contribution in [1.29, 1.82) is 0 Å². The Kier molecular flexibility index (Phi) is 3.63. The van der Waals surface area contributed by atoms with Gasteiger partial charge in [0.2, 0.25) is 0 Å². The highest BCUT2D eigenvalue weighted by Crippen LogP contribution is 2.11. The maximum Gasteiger partial charge on any atom is 0.0896 e. The fraction of sp³-hybridized carbons (Fsp3) is 0.500. The Morgan fingerprint density at radius 3 is 2.94 bits per heavy atom. The van der Waals surface area contributed by atoms with Gasteiger partial charge in [0.05, 0.1) is 16.9 Å². The molecule has 0 aliphatic carbocycles. The minimum Gasteiger partial charge on any atom is -0.311 e. The van der Waals surface area contributed by atoms with Crippen LogP contribution in [-0.2, 0) is 20.0 Å². The van der Waals surface area contributed by atoms with Gasteiger partial charge in [-0.15, -0.1) is 16.4 Å². The molecular formula is C10H15N5S. The second-order valence-electron chi connectivity index (χ2n) is 3.62. The summed E-state index contributed by atoms with van der Waals surface area (Å²) in [6, 6.07) is 0. The molecule has 0 fully saturated rings. The Morgan fingerprint density at radius 1 is 1.44 bits per heavy atom. The fourth-order valence-electron chi connectivity index (χ4n) is 1.42. The van der Waals surface area contributed by atoms with Gasteiger partial charge in [0.1, 0.15) is 0 Å². The molecule has 0 aromatic carbocycles. The van der Waals surface area contributed by atoms with Gasteiger partial charge in [-0.25, -0.2) is 4.98 Å². The van der Waals surface area contributed by atoms with Gasteiger partial charge >= 0.3 is 0 Å². The number of rotatable bonds is 5. The van der Waals surface area contributed by atoms with Crippen LogP contribution in [0.3, 0.4) is 0 Å². The van der Waals surface area contributed by atoms with Crippen molar-refractivity contribution in [3.63, 3.8) is 0 Å². The summed E-state index contributed by atoms with van der Waals surface area (Å²) in [7, 11) is 1.90. The van der Waals surface area contributed by atoms with Crippen LogP contribution in [0.25, 0.3) is 0 Å². The van der Waals surface area contributed by atoms with Crippen molar-refractivity contribution in [2.45, 2.75) is 19.9 Å². The van der Waals surface area contributed by atoms with Crippen LogP contribution in [0.4, 0.5) is 0 Å². The summed E-state index contributed by atoms with van der Waals surface area (Å²) in [5.74, 6) is 0. The fourth-order valence-corrected chi connectivity index (χ4v) is 2.21. The molecule has 0 saturated carbocycles. The van der Waals surface area contributed by atoms with Gasteiger partial charge in [0, 0.05) is 31.2 Å². The highest BCUT2D eigenvalue weighted by Gasteiger charge is 2.00. The van der Waals surface area contributed by atoms with Crippen LogP contribution in [0.1, 0.15) is 15.6 Å². The smallest absolute Gasteiger partial charge is 0.0896 e. The Labute approximate surface area is 98.5 Å². The van der Waals surface area contributed by atoms with E-state index >= 15 is 0 Å². The molecule has 0 bridgehead atoms. The number of nitrogens with zero attached hydrogens (tertiary/aromatic N) is 4. The van der Waals surface area contributed by atoms with E-state index in [-0.39, 0.29) is 0 Å². The highest BCUT2D eigenvalue weighted by atomic mass is 32.1. The number of hydrogen-bond donors (Lipinski definition) is 1. The highest BCUT2D eigenvalue weighted by molar-refractivity contribution is 7.11. The molecule has 0 aliphatic rings. The zero-order valence-corrected chi connectivity index (χ0v) is 10.3. The van der Waals surface area contributed by atoms with Gasteiger partial charge in [-0.2, -0.15) is 0 Å². The quantitative estimate of drug-likeness (QED) is 0.785. The first-order valence-corrected chi connectivity index (χ1v) is 6.03. The average Bonchev–Trinajstić information content (AvgIpc) is 2.83. The van der Waals surface area contributed by atoms with E-state index in [1.165, 1.54) is 4.88 Å². The number of thiazole rings is 1. The van der Waals surface area contributed by atoms with Crippen LogP contribution in [0, 0.1) is 6.92 Å². The first kappa shape index (κ1) is 11.2. The molecule has 0 spiro atoms. The largest absolute Gasteiger partial charge is 0.311 e. The zero-order valence-electron chi connectivity index (χ0n) is 9.47. The first-order valence-electron chi connectivity index (χ1n) is 5.21. The molecule has 5 nitrogen and oxygen atoms in total. The molecule has 2 heterocycles. The van der Waals surface area contributed by atoms with Crippen molar-refractivity contribution in [3.05, 3.63) is 28.0 Å². The molecule has 86 valence electrons. The molecule has 0 atom stereocenters. The molecule has 0 aliphatic heterocycles. The minimum absolute atomic E-state index is 0.807. The first-order chi connectivity index (χ1) is 7.75. The van der Waals surface area contributed by atoms with E-state index in [0.29, 0.717) is 0 Å².